The SMILES string of the molecule is COc1cc(C(=O)NCC(O)(c2ccc(OC)c(-c3ccc(F)cc3)n2)C(F)(F)F)ccc1OCCO. The lowest BCUT2D eigenvalue weighted by molar-refractivity contribution is -0.265. The van der Waals surface area contributed by atoms with Crippen molar-refractivity contribution in [1.29, 1.82) is 0 Å². The first-order chi connectivity index (χ1) is 17.5. The first-order valence-corrected chi connectivity index (χ1v) is 10.8. The third-order valence-corrected chi connectivity index (χ3v) is 5.37. The van der Waals surface area contributed by atoms with Crippen LogP contribution in [-0.2, 0) is 5.60 Å². The van der Waals surface area contributed by atoms with Crippen molar-refractivity contribution in [3.05, 3.63) is 71.7 Å². The number of aliphatic hydroxyl groups excluding tert-OH is 1. The number of amides is 1. The highest BCUT2D eigenvalue weighted by Gasteiger charge is 2.56. The molecular weight excluding hydrogens is 500 g/mol. The van der Waals surface area contributed by atoms with Gasteiger partial charge in [-0.15, -0.1) is 0 Å². The number of carbonyl (C=O) groups excluding carboxylic acids is 1. The Kier molecular flexibility index (Phi) is 8.56. The Labute approximate surface area is 209 Å². The minimum absolute atomic E-state index is 0.0325. The number of nitrogens with one attached hydrogen (secondary N) is 1. The molecule has 0 saturated carbocycles. The summed E-state index contributed by atoms with van der Waals surface area (Å²) in [7, 11) is 2.59. The van der Waals surface area contributed by atoms with Crippen molar-refractivity contribution < 1.29 is 46.8 Å². The molecule has 0 bridgehead atoms. The van der Waals surface area contributed by atoms with Crippen LogP contribution in [0, 0.1) is 5.82 Å². The van der Waals surface area contributed by atoms with E-state index in [0.717, 1.165) is 18.2 Å². The minimum atomic E-state index is -5.23. The summed E-state index contributed by atoms with van der Waals surface area (Å²) in [5.41, 5.74) is -4.24. The Morgan fingerprint density at radius 1 is 0.973 bits per heavy atom. The second kappa shape index (κ2) is 11.4. The van der Waals surface area contributed by atoms with Crippen LogP contribution in [-0.4, -0.2) is 61.3 Å². The number of benzene rings is 2. The van der Waals surface area contributed by atoms with E-state index in [1.807, 2.05) is 0 Å². The average molecular weight is 524 g/mol. The molecule has 0 aliphatic carbocycles. The number of rotatable bonds is 10. The van der Waals surface area contributed by atoms with E-state index in [1.54, 1.807) is 0 Å². The van der Waals surface area contributed by atoms with E-state index in [9.17, 15) is 27.5 Å². The van der Waals surface area contributed by atoms with Gasteiger partial charge in [-0.2, -0.15) is 13.2 Å². The second-order valence-corrected chi connectivity index (χ2v) is 7.73. The fourth-order valence-electron chi connectivity index (χ4n) is 3.39. The van der Waals surface area contributed by atoms with Crippen LogP contribution < -0.4 is 19.5 Å². The maximum Gasteiger partial charge on any atom is 0.424 e. The zero-order valence-corrected chi connectivity index (χ0v) is 19.8. The summed E-state index contributed by atoms with van der Waals surface area (Å²) in [5.74, 6) is -1.05. The Morgan fingerprint density at radius 2 is 1.62 bits per heavy atom. The molecule has 2 aromatic carbocycles. The lowest BCUT2D eigenvalue weighted by atomic mass is 9.96. The van der Waals surface area contributed by atoms with E-state index in [1.165, 1.54) is 50.6 Å². The number of aliphatic hydroxyl groups is 2. The normalized spacial score (nSPS) is 13.0. The molecule has 0 radical (unpaired) electrons. The summed E-state index contributed by atoms with van der Waals surface area (Å²) in [4.78, 5) is 16.6. The van der Waals surface area contributed by atoms with Gasteiger partial charge in [0.2, 0.25) is 5.60 Å². The maximum atomic E-state index is 14.1. The first-order valence-electron chi connectivity index (χ1n) is 10.8. The Balaban J connectivity index is 1.92. The van der Waals surface area contributed by atoms with E-state index in [-0.39, 0.29) is 47.3 Å². The molecule has 3 rings (SSSR count). The van der Waals surface area contributed by atoms with Gasteiger partial charge < -0.3 is 29.7 Å². The molecule has 0 spiro atoms. The van der Waals surface area contributed by atoms with Crippen molar-refractivity contribution in [1.82, 2.24) is 10.3 Å². The molecule has 12 heteroatoms. The molecule has 3 aromatic rings. The molecule has 0 aliphatic heterocycles. The third-order valence-electron chi connectivity index (χ3n) is 5.37. The number of alkyl halides is 3. The van der Waals surface area contributed by atoms with Crippen molar-refractivity contribution in [2.75, 3.05) is 34.0 Å². The van der Waals surface area contributed by atoms with Gasteiger partial charge in [0.25, 0.3) is 5.91 Å². The number of aromatic nitrogens is 1. The molecule has 1 aromatic heterocycles. The van der Waals surface area contributed by atoms with Crippen molar-refractivity contribution in [2.24, 2.45) is 0 Å². The standard InChI is InChI=1S/C25H24F4N2O6/c1-35-19-9-10-21(31-22(19)15-3-6-17(26)7-4-15)24(34,25(27,28)29)14-30-23(33)16-5-8-18(37-12-11-32)20(13-16)36-2/h3-10,13,32,34H,11-12,14H2,1-2H3,(H,30,33). The summed E-state index contributed by atoms with van der Waals surface area (Å²) in [5, 5.41) is 21.7. The Morgan fingerprint density at radius 3 is 2.22 bits per heavy atom. The smallest absolute Gasteiger partial charge is 0.424 e. The molecule has 1 heterocycles. The van der Waals surface area contributed by atoms with Crippen LogP contribution in [0.2, 0.25) is 0 Å². The van der Waals surface area contributed by atoms with E-state index < -0.39 is 35.7 Å². The van der Waals surface area contributed by atoms with Crippen LogP contribution in [0.4, 0.5) is 17.6 Å². The van der Waals surface area contributed by atoms with Crippen LogP contribution in [0.1, 0.15) is 16.1 Å². The first kappa shape index (κ1) is 27.7. The summed E-state index contributed by atoms with van der Waals surface area (Å²) in [6.45, 7) is -1.55. The van der Waals surface area contributed by atoms with Crippen molar-refractivity contribution in [3.8, 4) is 28.5 Å². The molecule has 0 aliphatic rings. The number of hydrogen-bond donors (Lipinski definition) is 3. The summed E-state index contributed by atoms with van der Waals surface area (Å²) < 4.78 is 71.3. The number of ether oxygens (including phenoxy) is 3. The fraction of sp³-hybridized carbons (Fsp3) is 0.280. The second-order valence-electron chi connectivity index (χ2n) is 7.73. The topological polar surface area (TPSA) is 110 Å². The predicted octanol–water partition coefficient (Wildman–Crippen LogP) is 3.46. The molecule has 1 unspecified atom stereocenters. The number of pyridine rings is 1. The van der Waals surface area contributed by atoms with Crippen LogP contribution in [0.5, 0.6) is 17.2 Å². The van der Waals surface area contributed by atoms with E-state index in [2.05, 4.69) is 10.3 Å². The number of nitrogens with zero attached hydrogens (tertiary/aromatic N) is 1. The van der Waals surface area contributed by atoms with Gasteiger partial charge in [-0.05, 0) is 54.6 Å². The van der Waals surface area contributed by atoms with Gasteiger partial charge in [0, 0.05) is 11.1 Å². The zero-order chi connectivity index (χ0) is 27.2. The van der Waals surface area contributed by atoms with E-state index >= 15 is 0 Å². The highest BCUT2D eigenvalue weighted by atomic mass is 19.4. The lowest BCUT2D eigenvalue weighted by Gasteiger charge is -2.30. The molecule has 198 valence electrons. The minimum Gasteiger partial charge on any atom is -0.494 e. The fourth-order valence-corrected chi connectivity index (χ4v) is 3.39. The molecule has 1 amide bonds. The molecule has 8 nitrogen and oxygen atoms in total. The highest BCUT2D eigenvalue weighted by molar-refractivity contribution is 5.95. The van der Waals surface area contributed by atoms with Gasteiger partial charge in [0.15, 0.2) is 11.5 Å². The molecule has 37 heavy (non-hydrogen) atoms. The average Bonchev–Trinajstić information content (AvgIpc) is 2.89. The highest BCUT2D eigenvalue weighted by Crippen LogP contribution is 2.40. The van der Waals surface area contributed by atoms with E-state index in [0.29, 0.717) is 0 Å². The van der Waals surface area contributed by atoms with Gasteiger partial charge in [-0.1, -0.05) is 0 Å². The van der Waals surface area contributed by atoms with Gasteiger partial charge in [-0.3, -0.25) is 4.79 Å². The van der Waals surface area contributed by atoms with E-state index in [4.69, 9.17) is 19.3 Å². The van der Waals surface area contributed by atoms with Crippen LogP contribution in [0.25, 0.3) is 11.3 Å². The zero-order valence-electron chi connectivity index (χ0n) is 19.8. The van der Waals surface area contributed by atoms with Gasteiger partial charge >= 0.3 is 6.18 Å². The third kappa shape index (κ3) is 6.09. The van der Waals surface area contributed by atoms with Gasteiger partial charge in [-0.25, -0.2) is 9.37 Å². The lowest BCUT2D eigenvalue weighted by Crippen LogP contribution is -2.51. The van der Waals surface area contributed by atoms with Crippen LogP contribution in [0.15, 0.2) is 54.6 Å². The van der Waals surface area contributed by atoms with Crippen molar-refractivity contribution in [2.45, 2.75) is 11.8 Å². The van der Waals surface area contributed by atoms with Gasteiger partial charge in [0.05, 0.1) is 33.1 Å². The molecule has 1 atom stereocenters. The molecule has 3 N–H and O–H groups in total. The number of halogens is 4. The quantitative estimate of drug-likeness (QED) is 0.349. The maximum absolute atomic E-state index is 14.1. The van der Waals surface area contributed by atoms with Crippen LogP contribution >= 0.6 is 0 Å². The molecule has 0 fully saturated rings. The number of hydrogen-bond acceptors (Lipinski definition) is 7. The monoisotopic (exact) mass is 524 g/mol. The summed E-state index contributed by atoms with van der Waals surface area (Å²) >= 11 is 0. The number of carbonyl (C=O) groups is 1. The van der Waals surface area contributed by atoms with Crippen molar-refractivity contribution in [3.63, 3.8) is 0 Å². The number of methoxy groups -OCH3 is 2. The molecular formula is C25H24F4N2O6. The van der Waals surface area contributed by atoms with Crippen LogP contribution in [0.3, 0.4) is 0 Å². The Hall–Kier alpha value is -3.90. The molecule has 0 saturated heterocycles. The Bertz CT molecular complexity index is 1240. The largest absolute Gasteiger partial charge is 0.494 e. The summed E-state index contributed by atoms with van der Waals surface area (Å²) in [6.07, 6.45) is -5.23. The van der Waals surface area contributed by atoms with Crippen molar-refractivity contribution >= 4 is 5.91 Å². The predicted molar refractivity (Wildman–Crippen MR) is 124 cm³/mol. The van der Waals surface area contributed by atoms with Gasteiger partial charge in [0.1, 0.15) is 23.9 Å². The summed E-state index contributed by atoms with van der Waals surface area (Å²) in [6, 6.07) is 10.8.